The van der Waals surface area contributed by atoms with Gasteiger partial charge in [0.15, 0.2) is 5.82 Å². The van der Waals surface area contributed by atoms with E-state index in [-0.39, 0.29) is 0 Å². The van der Waals surface area contributed by atoms with E-state index < -0.39 is 0 Å². The van der Waals surface area contributed by atoms with Crippen LogP contribution in [0.5, 0.6) is 0 Å². The number of nitrogens with one attached hydrogen (secondary N) is 1. The van der Waals surface area contributed by atoms with Gasteiger partial charge >= 0.3 is 0 Å². The molecule has 2 rings (SSSR count). The lowest BCUT2D eigenvalue weighted by atomic mass is 10.1. The molecule has 1 heterocycles. The number of rotatable bonds is 4. The Morgan fingerprint density at radius 2 is 1.81 bits per heavy atom. The van der Waals surface area contributed by atoms with Gasteiger partial charge in [-0.3, -0.25) is 0 Å². The maximum atomic E-state index is 4.20. The minimum atomic E-state index is 0.755. The first-order chi connectivity index (χ1) is 7.90. The quantitative estimate of drug-likeness (QED) is 0.843. The smallest absolute Gasteiger partial charge is 0.159 e. The van der Waals surface area contributed by atoms with Crippen molar-refractivity contribution in [1.82, 2.24) is 15.3 Å². The van der Waals surface area contributed by atoms with E-state index in [0.717, 1.165) is 17.9 Å². The van der Waals surface area contributed by atoms with Crippen LogP contribution in [0.3, 0.4) is 0 Å². The van der Waals surface area contributed by atoms with Crippen LogP contribution in [0.2, 0.25) is 0 Å². The van der Waals surface area contributed by atoms with Gasteiger partial charge in [0.25, 0.3) is 0 Å². The lowest BCUT2D eigenvalue weighted by molar-refractivity contribution is 0.872. The van der Waals surface area contributed by atoms with Gasteiger partial charge < -0.3 is 5.32 Å². The SMILES string of the molecule is C=CNCc1ccc(-c2ncccn2)cc1. The second kappa shape index (κ2) is 5.07. The molecule has 3 nitrogen and oxygen atoms in total. The lowest BCUT2D eigenvalue weighted by Gasteiger charge is -2.03. The molecule has 1 N–H and O–H groups in total. The molecule has 0 saturated heterocycles. The van der Waals surface area contributed by atoms with Crippen molar-refractivity contribution in [2.24, 2.45) is 0 Å². The van der Waals surface area contributed by atoms with Gasteiger partial charge in [0.1, 0.15) is 0 Å². The molecule has 0 aliphatic heterocycles. The van der Waals surface area contributed by atoms with Crippen LogP contribution in [0, 0.1) is 0 Å². The summed E-state index contributed by atoms with van der Waals surface area (Å²) in [5, 5.41) is 3.06. The summed E-state index contributed by atoms with van der Waals surface area (Å²) < 4.78 is 0. The monoisotopic (exact) mass is 211 g/mol. The highest BCUT2D eigenvalue weighted by Crippen LogP contribution is 2.14. The van der Waals surface area contributed by atoms with Gasteiger partial charge in [0.2, 0.25) is 0 Å². The Kier molecular flexibility index (Phi) is 3.28. The molecule has 0 aliphatic rings. The zero-order valence-corrected chi connectivity index (χ0v) is 8.93. The molecular formula is C13H13N3. The lowest BCUT2D eigenvalue weighted by Crippen LogP contribution is -2.03. The molecule has 0 bridgehead atoms. The van der Waals surface area contributed by atoms with Crippen LogP contribution in [-0.4, -0.2) is 9.97 Å². The second-order valence-corrected chi connectivity index (χ2v) is 3.35. The van der Waals surface area contributed by atoms with Gasteiger partial charge in [-0.05, 0) is 17.8 Å². The number of aromatic nitrogens is 2. The first-order valence-electron chi connectivity index (χ1n) is 5.11. The fourth-order valence-corrected chi connectivity index (χ4v) is 1.41. The topological polar surface area (TPSA) is 37.8 Å². The zero-order chi connectivity index (χ0) is 11.2. The van der Waals surface area contributed by atoms with E-state index >= 15 is 0 Å². The third-order valence-electron chi connectivity index (χ3n) is 2.23. The highest BCUT2D eigenvalue weighted by molar-refractivity contribution is 5.54. The van der Waals surface area contributed by atoms with Crippen molar-refractivity contribution in [2.75, 3.05) is 0 Å². The van der Waals surface area contributed by atoms with E-state index in [1.54, 1.807) is 18.6 Å². The van der Waals surface area contributed by atoms with Crippen LogP contribution in [0.25, 0.3) is 11.4 Å². The van der Waals surface area contributed by atoms with Crippen molar-refractivity contribution < 1.29 is 0 Å². The highest BCUT2D eigenvalue weighted by atomic mass is 14.8. The molecule has 3 heteroatoms. The Hall–Kier alpha value is -2.16. The molecule has 16 heavy (non-hydrogen) atoms. The first kappa shape index (κ1) is 10.4. The van der Waals surface area contributed by atoms with Crippen LogP contribution >= 0.6 is 0 Å². The predicted octanol–water partition coefficient (Wildman–Crippen LogP) is 2.38. The van der Waals surface area contributed by atoms with Crippen molar-refractivity contribution in [1.29, 1.82) is 0 Å². The zero-order valence-electron chi connectivity index (χ0n) is 8.93. The molecule has 0 amide bonds. The van der Waals surface area contributed by atoms with Gasteiger partial charge in [0, 0.05) is 24.5 Å². The normalized spacial score (nSPS) is 9.75. The Balaban J connectivity index is 2.16. The van der Waals surface area contributed by atoms with E-state index in [1.807, 2.05) is 18.2 Å². The van der Waals surface area contributed by atoms with Gasteiger partial charge in [-0.1, -0.05) is 30.8 Å². The summed E-state index contributed by atoms with van der Waals surface area (Å²) in [5.74, 6) is 0.755. The molecule has 0 saturated carbocycles. The minimum Gasteiger partial charge on any atom is -0.387 e. The largest absolute Gasteiger partial charge is 0.387 e. The summed E-state index contributed by atoms with van der Waals surface area (Å²) in [6.45, 7) is 4.40. The van der Waals surface area contributed by atoms with Crippen molar-refractivity contribution in [2.45, 2.75) is 6.54 Å². The van der Waals surface area contributed by atoms with E-state index in [2.05, 4.69) is 34.0 Å². The average Bonchev–Trinajstić information content (AvgIpc) is 2.38. The maximum absolute atomic E-state index is 4.20. The summed E-state index contributed by atoms with van der Waals surface area (Å²) in [5.41, 5.74) is 2.24. The Bertz CT molecular complexity index is 448. The van der Waals surface area contributed by atoms with Gasteiger partial charge in [-0.25, -0.2) is 9.97 Å². The van der Waals surface area contributed by atoms with Crippen molar-refractivity contribution in [3.63, 3.8) is 0 Å². The van der Waals surface area contributed by atoms with Gasteiger partial charge in [-0.15, -0.1) is 0 Å². The van der Waals surface area contributed by atoms with Crippen LogP contribution in [-0.2, 0) is 6.54 Å². The molecule has 1 aromatic heterocycles. The number of hydrogen-bond acceptors (Lipinski definition) is 3. The molecule has 0 fully saturated rings. The molecule has 0 spiro atoms. The van der Waals surface area contributed by atoms with Crippen molar-refractivity contribution in [3.8, 4) is 11.4 Å². The molecule has 80 valence electrons. The van der Waals surface area contributed by atoms with Gasteiger partial charge in [0.05, 0.1) is 0 Å². The van der Waals surface area contributed by atoms with Gasteiger partial charge in [-0.2, -0.15) is 0 Å². The summed E-state index contributed by atoms with van der Waals surface area (Å²) in [6.07, 6.45) is 5.18. The molecular weight excluding hydrogens is 198 g/mol. The molecule has 0 radical (unpaired) electrons. The van der Waals surface area contributed by atoms with E-state index in [1.165, 1.54) is 5.56 Å². The Labute approximate surface area is 94.9 Å². The number of nitrogens with zero attached hydrogens (tertiary/aromatic N) is 2. The minimum absolute atomic E-state index is 0.755. The number of benzene rings is 1. The van der Waals surface area contributed by atoms with E-state index in [4.69, 9.17) is 0 Å². The van der Waals surface area contributed by atoms with Crippen LogP contribution in [0.1, 0.15) is 5.56 Å². The molecule has 0 unspecified atom stereocenters. The van der Waals surface area contributed by atoms with Crippen LogP contribution in [0.15, 0.2) is 55.5 Å². The standard InChI is InChI=1S/C13H13N3/c1-2-14-10-11-4-6-12(7-5-11)13-15-8-3-9-16-13/h2-9,14H,1,10H2. The summed E-state index contributed by atoms with van der Waals surface area (Å²) >= 11 is 0. The predicted molar refractivity (Wildman–Crippen MR) is 64.5 cm³/mol. The molecule has 0 aliphatic carbocycles. The summed E-state index contributed by atoms with van der Waals surface area (Å²) in [6, 6.07) is 9.97. The molecule has 1 aromatic carbocycles. The summed E-state index contributed by atoms with van der Waals surface area (Å²) in [4.78, 5) is 8.40. The Morgan fingerprint density at radius 3 is 2.44 bits per heavy atom. The molecule has 2 aromatic rings. The highest BCUT2D eigenvalue weighted by Gasteiger charge is 1.99. The Morgan fingerprint density at radius 1 is 1.12 bits per heavy atom. The maximum Gasteiger partial charge on any atom is 0.159 e. The second-order valence-electron chi connectivity index (χ2n) is 3.35. The average molecular weight is 211 g/mol. The van der Waals surface area contributed by atoms with E-state index in [0.29, 0.717) is 0 Å². The molecule has 0 atom stereocenters. The fraction of sp³-hybridized carbons (Fsp3) is 0.0769. The third kappa shape index (κ3) is 2.45. The van der Waals surface area contributed by atoms with E-state index in [9.17, 15) is 0 Å². The third-order valence-corrected chi connectivity index (χ3v) is 2.23. The van der Waals surface area contributed by atoms with Crippen molar-refractivity contribution >= 4 is 0 Å². The van der Waals surface area contributed by atoms with Crippen molar-refractivity contribution in [3.05, 3.63) is 61.1 Å². The first-order valence-corrected chi connectivity index (χ1v) is 5.11. The van der Waals surface area contributed by atoms with Crippen LogP contribution in [0.4, 0.5) is 0 Å². The van der Waals surface area contributed by atoms with Crippen LogP contribution < -0.4 is 5.32 Å². The number of hydrogen-bond donors (Lipinski definition) is 1. The fourth-order valence-electron chi connectivity index (χ4n) is 1.41. The summed E-state index contributed by atoms with van der Waals surface area (Å²) in [7, 11) is 0.